The van der Waals surface area contributed by atoms with E-state index in [0.717, 1.165) is 11.1 Å². The summed E-state index contributed by atoms with van der Waals surface area (Å²) in [6.45, 7) is 0.328. The van der Waals surface area contributed by atoms with Crippen LogP contribution in [-0.4, -0.2) is 26.3 Å². The SMILES string of the molecule is ONCc1ccc(-c2ncn(-c3ccc(OC(F)(F)F)cc3)n2)cc1. The molecule has 0 amide bonds. The lowest BCUT2D eigenvalue weighted by molar-refractivity contribution is -0.274. The van der Waals surface area contributed by atoms with Gasteiger partial charge in [-0.25, -0.2) is 15.1 Å². The first-order valence-corrected chi connectivity index (χ1v) is 7.19. The lowest BCUT2D eigenvalue weighted by Gasteiger charge is -2.09. The molecule has 1 aromatic heterocycles. The maximum atomic E-state index is 12.2. The van der Waals surface area contributed by atoms with Crippen LogP contribution in [0.25, 0.3) is 17.1 Å². The number of rotatable bonds is 5. The van der Waals surface area contributed by atoms with Gasteiger partial charge in [-0.05, 0) is 29.8 Å². The third-order valence-corrected chi connectivity index (χ3v) is 3.32. The monoisotopic (exact) mass is 350 g/mol. The van der Waals surface area contributed by atoms with Crippen molar-refractivity contribution >= 4 is 0 Å². The lowest BCUT2D eigenvalue weighted by atomic mass is 10.1. The second-order valence-corrected chi connectivity index (χ2v) is 5.09. The van der Waals surface area contributed by atoms with Crippen molar-refractivity contribution in [1.29, 1.82) is 0 Å². The molecule has 0 bridgehead atoms. The molecule has 130 valence electrons. The standard InChI is InChI=1S/C16H13F3N4O2/c17-16(18,19)25-14-7-5-13(6-8-14)23-10-20-15(22-23)12-3-1-11(2-4-12)9-21-24/h1-8,10,21,24H,9H2. The fourth-order valence-corrected chi connectivity index (χ4v) is 2.18. The molecule has 0 fully saturated rings. The molecule has 1 heterocycles. The highest BCUT2D eigenvalue weighted by Crippen LogP contribution is 2.24. The molecule has 6 nitrogen and oxygen atoms in total. The Morgan fingerprint density at radius 2 is 1.72 bits per heavy atom. The summed E-state index contributed by atoms with van der Waals surface area (Å²) < 4.78 is 41.8. The Balaban J connectivity index is 1.76. The van der Waals surface area contributed by atoms with Gasteiger partial charge in [0.1, 0.15) is 12.1 Å². The fourth-order valence-electron chi connectivity index (χ4n) is 2.18. The quantitative estimate of drug-likeness (QED) is 0.691. The van der Waals surface area contributed by atoms with Gasteiger partial charge in [-0.1, -0.05) is 24.3 Å². The number of aromatic nitrogens is 3. The van der Waals surface area contributed by atoms with Gasteiger partial charge >= 0.3 is 6.36 Å². The predicted octanol–water partition coefficient (Wildman–Crippen LogP) is 3.31. The zero-order chi connectivity index (χ0) is 17.9. The molecule has 0 unspecified atom stereocenters. The van der Waals surface area contributed by atoms with Crippen LogP contribution in [0.15, 0.2) is 54.9 Å². The first kappa shape index (κ1) is 16.9. The first-order valence-electron chi connectivity index (χ1n) is 7.19. The van der Waals surface area contributed by atoms with Crippen molar-refractivity contribution in [1.82, 2.24) is 20.2 Å². The van der Waals surface area contributed by atoms with E-state index in [2.05, 4.69) is 20.3 Å². The molecule has 2 N–H and O–H groups in total. The molecule has 3 aromatic rings. The molecule has 0 radical (unpaired) electrons. The van der Waals surface area contributed by atoms with E-state index in [-0.39, 0.29) is 5.75 Å². The van der Waals surface area contributed by atoms with Crippen molar-refractivity contribution in [2.24, 2.45) is 0 Å². The van der Waals surface area contributed by atoms with Gasteiger partial charge in [0.05, 0.1) is 5.69 Å². The molecule has 0 spiro atoms. The van der Waals surface area contributed by atoms with E-state index in [1.807, 2.05) is 24.3 Å². The number of hydrogen-bond acceptors (Lipinski definition) is 5. The number of nitrogens with zero attached hydrogens (tertiary/aromatic N) is 3. The van der Waals surface area contributed by atoms with Crippen molar-refractivity contribution in [3.05, 3.63) is 60.4 Å². The molecule has 0 aliphatic rings. The Labute approximate surface area is 140 Å². The molecule has 3 rings (SSSR count). The Bertz CT molecular complexity index is 830. The Kier molecular flexibility index (Phi) is 4.68. The second kappa shape index (κ2) is 6.91. The van der Waals surface area contributed by atoms with Crippen LogP contribution in [0.1, 0.15) is 5.56 Å². The van der Waals surface area contributed by atoms with Gasteiger partial charge in [0.25, 0.3) is 0 Å². The molecule has 0 aliphatic carbocycles. The predicted molar refractivity (Wildman–Crippen MR) is 82.1 cm³/mol. The van der Waals surface area contributed by atoms with Gasteiger partial charge in [0.15, 0.2) is 5.82 Å². The first-order chi connectivity index (χ1) is 11.9. The average Bonchev–Trinajstić information content (AvgIpc) is 3.05. The van der Waals surface area contributed by atoms with Crippen LogP contribution in [0.2, 0.25) is 0 Å². The topological polar surface area (TPSA) is 72.2 Å². The number of alkyl halides is 3. The zero-order valence-corrected chi connectivity index (χ0v) is 12.7. The van der Waals surface area contributed by atoms with Gasteiger partial charge < -0.3 is 9.94 Å². The van der Waals surface area contributed by atoms with Crippen LogP contribution < -0.4 is 10.2 Å². The minimum Gasteiger partial charge on any atom is -0.406 e. The minimum absolute atomic E-state index is 0.301. The third kappa shape index (κ3) is 4.34. The van der Waals surface area contributed by atoms with Crippen molar-refractivity contribution in [3.8, 4) is 22.8 Å². The Hall–Kier alpha value is -2.91. The molecule has 25 heavy (non-hydrogen) atoms. The van der Waals surface area contributed by atoms with Crippen LogP contribution >= 0.6 is 0 Å². The van der Waals surface area contributed by atoms with Crippen molar-refractivity contribution in [2.45, 2.75) is 12.9 Å². The highest BCUT2D eigenvalue weighted by Gasteiger charge is 2.30. The maximum Gasteiger partial charge on any atom is 0.573 e. The normalized spacial score (nSPS) is 11.5. The van der Waals surface area contributed by atoms with E-state index in [4.69, 9.17) is 5.21 Å². The van der Waals surface area contributed by atoms with E-state index in [0.29, 0.717) is 18.1 Å². The maximum absolute atomic E-state index is 12.2. The van der Waals surface area contributed by atoms with Gasteiger partial charge in [-0.15, -0.1) is 18.3 Å². The largest absolute Gasteiger partial charge is 0.573 e. The van der Waals surface area contributed by atoms with E-state index < -0.39 is 6.36 Å². The number of ether oxygens (including phenoxy) is 1. The van der Waals surface area contributed by atoms with Crippen LogP contribution in [0.3, 0.4) is 0 Å². The van der Waals surface area contributed by atoms with E-state index in [1.165, 1.54) is 35.3 Å². The molecule has 0 atom stereocenters. The minimum atomic E-state index is -4.72. The fraction of sp³-hybridized carbons (Fsp3) is 0.125. The Morgan fingerprint density at radius 1 is 1.04 bits per heavy atom. The summed E-state index contributed by atoms with van der Waals surface area (Å²) in [6.07, 6.45) is -3.25. The summed E-state index contributed by atoms with van der Waals surface area (Å²) in [7, 11) is 0. The highest BCUT2D eigenvalue weighted by atomic mass is 19.4. The second-order valence-electron chi connectivity index (χ2n) is 5.09. The molecule has 0 saturated heterocycles. The van der Waals surface area contributed by atoms with Gasteiger partial charge in [-0.3, -0.25) is 0 Å². The van der Waals surface area contributed by atoms with Crippen LogP contribution in [-0.2, 0) is 6.54 Å². The Morgan fingerprint density at radius 3 is 2.32 bits per heavy atom. The number of hydrogen-bond donors (Lipinski definition) is 2. The average molecular weight is 350 g/mol. The molecular formula is C16H13F3N4O2. The van der Waals surface area contributed by atoms with E-state index in [1.54, 1.807) is 0 Å². The molecule has 0 aliphatic heterocycles. The summed E-state index contributed by atoms with van der Waals surface area (Å²) in [4.78, 5) is 4.20. The van der Waals surface area contributed by atoms with Gasteiger partial charge in [0.2, 0.25) is 0 Å². The summed E-state index contributed by atoms with van der Waals surface area (Å²) in [5.41, 5.74) is 4.29. The molecule has 9 heteroatoms. The summed E-state index contributed by atoms with van der Waals surface area (Å²) in [6, 6.07) is 12.6. The molecular weight excluding hydrogens is 337 g/mol. The summed E-state index contributed by atoms with van der Waals surface area (Å²) >= 11 is 0. The highest BCUT2D eigenvalue weighted by molar-refractivity contribution is 5.55. The third-order valence-electron chi connectivity index (χ3n) is 3.32. The van der Waals surface area contributed by atoms with Crippen molar-refractivity contribution < 1.29 is 23.1 Å². The number of nitrogens with one attached hydrogen (secondary N) is 1. The number of hydroxylamine groups is 1. The number of halogens is 3. The van der Waals surface area contributed by atoms with Gasteiger partial charge in [-0.2, -0.15) is 0 Å². The van der Waals surface area contributed by atoms with Crippen LogP contribution in [0, 0.1) is 0 Å². The summed E-state index contributed by atoms with van der Waals surface area (Å²) in [5.74, 6) is 0.170. The van der Waals surface area contributed by atoms with E-state index in [9.17, 15) is 13.2 Å². The number of benzene rings is 2. The smallest absolute Gasteiger partial charge is 0.406 e. The van der Waals surface area contributed by atoms with Crippen LogP contribution in [0.5, 0.6) is 5.75 Å². The lowest BCUT2D eigenvalue weighted by Crippen LogP contribution is -2.17. The zero-order valence-electron chi connectivity index (χ0n) is 12.7. The van der Waals surface area contributed by atoms with Crippen LogP contribution in [0.4, 0.5) is 13.2 Å². The van der Waals surface area contributed by atoms with E-state index >= 15 is 0 Å². The molecule has 2 aromatic carbocycles. The molecule has 0 saturated carbocycles. The van der Waals surface area contributed by atoms with Crippen molar-refractivity contribution in [3.63, 3.8) is 0 Å². The van der Waals surface area contributed by atoms with Crippen molar-refractivity contribution in [2.75, 3.05) is 0 Å². The summed E-state index contributed by atoms with van der Waals surface area (Å²) in [5, 5.41) is 13.0. The van der Waals surface area contributed by atoms with Gasteiger partial charge in [0, 0.05) is 12.1 Å².